The average Bonchev–Trinajstić information content (AvgIpc) is 3.26. The van der Waals surface area contributed by atoms with E-state index < -0.39 is 0 Å². The van der Waals surface area contributed by atoms with Gasteiger partial charge < -0.3 is 9.73 Å². The molecule has 3 aromatic rings. The lowest BCUT2D eigenvalue weighted by atomic mass is 10.2. The molecule has 1 aromatic heterocycles. The fourth-order valence-corrected chi connectivity index (χ4v) is 3.87. The number of carbonyl (C=O) groups excluding carboxylic acids is 1. The summed E-state index contributed by atoms with van der Waals surface area (Å²) in [7, 11) is 0. The number of hydrogen-bond donors (Lipinski definition) is 1. The summed E-state index contributed by atoms with van der Waals surface area (Å²) in [6.45, 7) is 1.98. The van der Waals surface area contributed by atoms with Crippen molar-refractivity contribution in [3.8, 4) is 11.3 Å². The topological polar surface area (TPSA) is 54.6 Å². The molecule has 4 rings (SSSR count). The van der Waals surface area contributed by atoms with Crippen LogP contribution >= 0.6 is 35.0 Å². The summed E-state index contributed by atoms with van der Waals surface area (Å²) in [5.74, 6) is 0.911. The number of aryl methyl sites for hydroxylation is 1. The monoisotopic (exact) mass is 428 g/mol. The van der Waals surface area contributed by atoms with E-state index in [9.17, 15) is 4.79 Å². The third kappa shape index (κ3) is 4.02. The van der Waals surface area contributed by atoms with Crippen molar-refractivity contribution in [2.45, 2.75) is 6.92 Å². The van der Waals surface area contributed by atoms with Gasteiger partial charge in [-0.2, -0.15) is 0 Å². The van der Waals surface area contributed by atoms with Crippen LogP contribution in [0.5, 0.6) is 0 Å². The summed E-state index contributed by atoms with van der Waals surface area (Å²) >= 11 is 13.5. The van der Waals surface area contributed by atoms with Gasteiger partial charge in [0.05, 0.1) is 15.6 Å². The third-order valence-corrected chi connectivity index (χ3v) is 5.56. The van der Waals surface area contributed by atoms with Crippen LogP contribution in [0.15, 0.2) is 68.9 Å². The van der Waals surface area contributed by atoms with Gasteiger partial charge in [0, 0.05) is 16.7 Å². The molecule has 0 bridgehead atoms. The number of amides is 1. The summed E-state index contributed by atoms with van der Waals surface area (Å²) in [5.41, 5.74) is 2.56. The molecule has 0 saturated carbocycles. The van der Waals surface area contributed by atoms with Gasteiger partial charge in [0.1, 0.15) is 11.5 Å². The highest BCUT2D eigenvalue weighted by atomic mass is 35.5. The molecule has 2 heterocycles. The number of thioether (sulfide) groups is 1. The van der Waals surface area contributed by atoms with Crippen molar-refractivity contribution >= 4 is 57.8 Å². The smallest absolute Gasteiger partial charge is 0.264 e. The summed E-state index contributed by atoms with van der Waals surface area (Å²) < 4.78 is 5.84. The van der Waals surface area contributed by atoms with Gasteiger partial charge in [-0.05, 0) is 60.6 Å². The Balaban J connectivity index is 1.58. The van der Waals surface area contributed by atoms with E-state index in [-0.39, 0.29) is 5.91 Å². The zero-order chi connectivity index (χ0) is 19.7. The number of amidine groups is 1. The molecule has 1 N–H and O–H groups in total. The maximum atomic E-state index is 12.3. The van der Waals surface area contributed by atoms with Crippen LogP contribution in [-0.4, -0.2) is 11.1 Å². The number of nitrogens with zero attached hydrogens (tertiary/aromatic N) is 1. The predicted molar refractivity (Wildman–Crippen MR) is 116 cm³/mol. The molecule has 140 valence electrons. The first-order valence-electron chi connectivity index (χ1n) is 8.40. The Morgan fingerprint density at radius 2 is 1.93 bits per heavy atom. The van der Waals surface area contributed by atoms with Crippen LogP contribution in [0.2, 0.25) is 10.0 Å². The third-order valence-electron chi connectivity index (χ3n) is 4.08. The molecule has 0 atom stereocenters. The van der Waals surface area contributed by atoms with E-state index in [1.165, 1.54) is 11.8 Å². The van der Waals surface area contributed by atoms with Crippen molar-refractivity contribution < 1.29 is 9.21 Å². The number of aliphatic imine (C=N–C) groups is 1. The van der Waals surface area contributed by atoms with Crippen molar-refractivity contribution in [1.82, 2.24) is 5.32 Å². The largest absolute Gasteiger partial charge is 0.457 e. The quantitative estimate of drug-likeness (QED) is 0.487. The molecule has 2 aromatic carbocycles. The van der Waals surface area contributed by atoms with Gasteiger partial charge in [0.25, 0.3) is 5.91 Å². The lowest BCUT2D eigenvalue weighted by Gasteiger charge is -2.01. The SMILES string of the molecule is Cc1ccccc1N=C1NC(=O)/C(=C\c2ccc(-c3cc(Cl)ccc3Cl)o2)S1. The van der Waals surface area contributed by atoms with Crippen LogP contribution in [-0.2, 0) is 4.79 Å². The van der Waals surface area contributed by atoms with Gasteiger partial charge in [-0.25, -0.2) is 4.99 Å². The number of halogens is 2. The molecule has 4 nitrogen and oxygen atoms in total. The maximum absolute atomic E-state index is 12.3. The Kier molecular flexibility index (Phi) is 5.31. The molecule has 0 unspecified atom stereocenters. The zero-order valence-corrected chi connectivity index (χ0v) is 17.0. The summed E-state index contributed by atoms with van der Waals surface area (Å²) in [6, 6.07) is 16.5. The van der Waals surface area contributed by atoms with Crippen LogP contribution in [0, 0.1) is 6.92 Å². The number of hydrogen-bond acceptors (Lipinski definition) is 4. The van der Waals surface area contributed by atoms with E-state index in [1.807, 2.05) is 31.2 Å². The summed E-state index contributed by atoms with van der Waals surface area (Å²) in [4.78, 5) is 17.3. The fraction of sp³-hybridized carbons (Fsp3) is 0.0476. The van der Waals surface area contributed by atoms with Gasteiger partial charge in [-0.3, -0.25) is 4.79 Å². The van der Waals surface area contributed by atoms with Crippen molar-refractivity contribution in [2.75, 3.05) is 0 Å². The number of benzene rings is 2. The minimum Gasteiger partial charge on any atom is -0.457 e. The van der Waals surface area contributed by atoms with Gasteiger partial charge in [-0.15, -0.1) is 0 Å². The summed E-state index contributed by atoms with van der Waals surface area (Å²) in [6.07, 6.45) is 1.68. The van der Waals surface area contributed by atoms with Crippen molar-refractivity contribution in [3.05, 3.63) is 80.9 Å². The second-order valence-corrected chi connectivity index (χ2v) is 7.97. The minimum absolute atomic E-state index is 0.212. The first-order chi connectivity index (χ1) is 13.5. The van der Waals surface area contributed by atoms with E-state index in [0.717, 1.165) is 11.3 Å². The second-order valence-electron chi connectivity index (χ2n) is 6.09. The Morgan fingerprint density at radius 3 is 2.75 bits per heavy atom. The average molecular weight is 429 g/mol. The molecule has 1 fully saturated rings. The molecule has 0 radical (unpaired) electrons. The Labute approximate surface area is 176 Å². The van der Waals surface area contributed by atoms with Gasteiger partial charge in [-0.1, -0.05) is 41.4 Å². The number of furan rings is 1. The normalized spacial score (nSPS) is 16.8. The molecular weight excluding hydrogens is 415 g/mol. The van der Waals surface area contributed by atoms with Crippen LogP contribution in [0.1, 0.15) is 11.3 Å². The maximum Gasteiger partial charge on any atom is 0.264 e. The number of carbonyl (C=O) groups is 1. The highest BCUT2D eigenvalue weighted by Crippen LogP contribution is 2.34. The number of nitrogens with one attached hydrogen (secondary N) is 1. The minimum atomic E-state index is -0.212. The first kappa shape index (κ1) is 18.9. The number of para-hydroxylation sites is 1. The van der Waals surface area contributed by atoms with Crippen molar-refractivity contribution in [2.24, 2.45) is 4.99 Å². The Bertz CT molecular complexity index is 1130. The molecule has 28 heavy (non-hydrogen) atoms. The standard InChI is InChI=1S/C21H14Cl2N2O2S/c1-12-4-2-3-5-17(12)24-21-25-20(26)19(28-21)11-14-7-9-18(27-14)15-10-13(22)6-8-16(15)23/h2-11H,1H3,(H,24,25,26)/b19-11+. The van der Waals surface area contributed by atoms with Crippen LogP contribution in [0.4, 0.5) is 5.69 Å². The van der Waals surface area contributed by atoms with Crippen LogP contribution in [0.3, 0.4) is 0 Å². The van der Waals surface area contributed by atoms with Gasteiger partial charge >= 0.3 is 0 Å². The number of rotatable bonds is 3. The molecule has 1 aliphatic rings. The van der Waals surface area contributed by atoms with E-state index in [2.05, 4.69) is 10.3 Å². The second kappa shape index (κ2) is 7.87. The molecule has 0 aliphatic carbocycles. The molecule has 1 aliphatic heterocycles. The van der Waals surface area contributed by atoms with Crippen molar-refractivity contribution in [1.29, 1.82) is 0 Å². The predicted octanol–water partition coefficient (Wildman–Crippen LogP) is 6.45. The molecule has 7 heteroatoms. The van der Waals surface area contributed by atoms with Crippen LogP contribution < -0.4 is 5.32 Å². The molecule has 1 amide bonds. The lowest BCUT2D eigenvalue weighted by Crippen LogP contribution is -2.19. The molecule has 0 spiro atoms. The highest BCUT2D eigenvalue weighted by Gasteiger charge is 2.24. The zero-order valence-electron chi connectivity index (χ0n) is 14.7. The van der Waals surface area contributed by atoms with Crippen LogP contribution in [0.25, 0.3) is 17.4 Å². The van der Waals surface area contributed by atoms with E-state index in [4.69, 9.17) is 27.6 Å². The van der Waals surface area contributed by atoms with Gasteiger partial charge in [0.2, 0.25) is 0 Å². The van der Waals surface area contributed by atoms with E-state index in [1.54, 1.807) is 36.4 Å². The summed E-state index contributed by atoms with van der Waals surface area (Å²) in [5, 5.41) is 4.43. The highest BCUT2D eigenvalue weighted by molar-refractivity contribution is 8.18. The van der Waals surface area contributed by atoms with Crippen molar-refractivity contribution in [3.63, 3.8) is 0 Å². The molecule has 1 saturated heterocycles. The molecular formula is C21H14Cl2N2O2S. The Hall–Kier alpha value is -2.47. The first-order valence-corrected chi connectivity index (χ1v) is 9.97. The van der Waals surface area contributed by atoms with Gasteiger partial charge in [0.15, 0.2) is 5.17 Å². The lowest BCUT2D eigenvalue weighted by molar-refractivity contribution is -0.115. The van der Waals surface area contributed by atoms with E-state index >= 15 is 0 Å². The Morgan fingerprint density at radius 1 is 1.11 bits per heavy atom. The van der Waals surface area contributed by atoms with E-state index in [0.29, 0.717) is 37.2 Å². The fourth-order valence-electron chi connectivity index (χ4n) is 2.67.